The molecule has 7 heteroatoms. The second kappa shape index (κ2) is 8.22. The smallest absolute Gasteiger partial charge is 0.240 e. The predicted molar refractivity (Wildman–Crippen MR) is 108 cm³/mol. The van der Waals surface area contributed by atoms with Crippen LogP contribution in [0.2, 0.25) is 0 Å². The highest BCUT2D eigenvalue weighted by Gasteiger charge is 2.19. The van der Waals surface area contributed by atoms with Crippen molar-refractivity contribution >= 4 is 21.4 Å². The Kier molecular flexibility index (Phi) is 5.96. The minimum Gasteiger partial charge on any atom is -0.497 e. The molecule has 1 aromatic heterocycles. The van der Waals surface area contributed by atoms with Gasteiger partial charge in [0.05, 0.1) is 18.1 Å². The largest absolute Gasteiger partial charge is 0.497 e. The molecule has 0 unspecified atom stereocenters. The van der Waals surface area contributed by atoms with Gasteiger partial charge in [-0.05, 0) is 64.2 Å². The van der Waals surface area contributed by atoms with Crippen molar-refractivity contribution in [2.75, 3.05) is 13.7 Å². The van der Waals surface area contributed by atoms with Gasteiger partial charge in [0.2, 0.25) is 10.0 Å². The molecule has 0 radical (unpaired) electrons. The van der Waals surface area contributed by atoms with Crippen molar-refractivity contribution in [3.05, 3.63) is 70.4 Å². The van der Waals surface area contributed by atoms with Crippen LogP contribution in [-0.4, -0.2) is 27.2 Å². The maximum atomic E-state index is 12.5. The summed E-state index contributed by atoms with van der Waals surface area (Å²) in [6.07, 6.45) is -0.935. The first-order valence-corrected chi connectivity index (χ1v) is 10.8. The number of rotatable bonds is 7. The van der Waals surface area contributed by atoms with Crippen LogP contribution in [0.4, 0.5) is 0 Å². The van der Waals surface area contributed by atoms with Crippen molar-refractivity contribution in [3.8, 4) is 16.9 Å². The summed E-state index contributed by atoms with van der Waals surface area (Å²) < 4.78 is 32.6. The van der Waals surface area contributed by atoms with Gasteiger partial charge in [-0.1, -0.05) is 24.3 Å². The summed E-state index contributed by atoms with van der Waals surface area (Å²) in [5, 5.41) is 14.4. The zero-order chi connectivity index (χ0) is 19.4. The van der Waals surface area contributed by atoms with E-state index in [1.54, 1.807) is 30.4 Å². The van der Waals surface area contributed by atoms with E-state index in [2.05, 4.69) is 10.1 Å². The van der Waals surface area contributed by atoms with E-state index in [9.17, 15) is 13.5 Å². The molecule has 2 N–H and O–H groups in total. The van der Waals surface area contributed by atoms with Crippen LogP contribution in [0.3, 0.4) is 0 Å². The maximum Gasteiger partial charge on any atom is 0.240 e. The highest BCUT2D eigenvalue weighted by atomic mass is 32.2. The monoisotopic (exact) mass is 403 g/mol. The molecule has 3 aromatic rings. The normalized spacial score (nSPS) is 12.7. The molecule has 0 aliphatic heterocycles. The molecule has 0 spiro atoms. The van der Waals surface area contributed by atoms with E-state index in [4.69, 9.17) is 4.74 Å². The third-order valence-corrected chi connectivity index (χ3v) is 6.56. The van der Waals surface area contributed by atoms with Crippen LogP contribution in [0, 0.1) is 6.92 Å². The van der Waals surface area contributed by atoms with E-state index in [0.717, 1.165) is 11.1 Å². The van der Waals surface area contributed by atoms with Gasteiger partial charge in [-0.3, -0.25) is 0 Å². The van der Waals surface area contributed by atoms with E-state index in [1.807, 2.05) is 35.7 Å². The molecule has 1 atom stereocenters. The SMILES string of the molecule is COc1ccc(S(=O)(=O)NC[C@@H](O)c2ccc(-c3ccsc3)cc2)c(C)c1. The number of thiophene rings is 1. The predicted octanol–water partition coefficient (Wildman–Crippen LogP) is 3.74. The average Bonchev–Trinajstić information content (AvgIpc) is 3.20. The lowest BCUT2D eigenvalue weighted by Gasteiger charge is -2.14. The summed E-state index contributed by atoms with van der Waals surface area (Å²) in [5.41, 5.74) is 3.41. The first kappa shape index (κ1) is 19.6. The van der Waals surface area contributed by atoms with Gasteiger partial charge in [0.1, 0.15) is 5.75 Å². The van der Waals surface area contributed by atoms with Crippen LogP contribution >= 0.6 is 11.3 Å². The third kappa shape index (κ3) is 4.56. The maximum absolute atomic E-state index is 12.5. The van der Waals surface area contributed by atoms with Gasteiger partial charge in [0, 0.05) is 6.54 Å². The molecule has 5 nitrogen and oxygen atoms in total. The fraction of sp³-hybridized carbons (Fsp3) is 0.200. The summed E-state index contributed by atoms with van der Waals surface area (Å²) in [5.74, 6) is 0.595. The Morgan fingerprint density at radius 3 is 2.44 bits per heavy atom. The Morgan fingerprint density at radius 1 is 1.11 bits per heavy atom. The van der Waals surface area contributed by atoms with Crippen LogP contribution in [-0.2, 0) is 10.0 Å². The second-order valence-corrected chi connectivity index (χ2v) is 8.65. The minimum atomic E-state index is -3.73. The molecule has 3 rings (SSSR count). The highest BCUT2D eigenvalue weighted by molar-refractivity contribution is 7.89. The van der Waals surface area contributed by atoms with Crippen LogP contribution in [0.5, 0.6) is 5.75 Å². The van der Waals surface area contributed by atoms with Crippen LogP contribution < -0.4 is 9.46 Å². The first-order valence-electron chi connectivity index (χ1n) is 8.35. The Hall–Kier alpha value is -2.19. The Balaban J connectivity index is 1.68. The minimum absolute atomic E-state index is 0.106. The number of aryl methyl sites for hydroxylation is 1. The molecule has 0 saturated heterocycles. The molecule has 0 bridgehead atoms. The van der Waals surface area contributed by atoms with Gasteiger partial charge in [-0.25, -0.2) is 13.1 Å². The number of ether oxygens (including phenoxy) is 1. The number of aliphatic hydroxyl groups is 1. The van der Waals surface area contributed by atoms with Gasteiger partial charge in [-0.15, -0.1) is 0 Å². The van der Waals surface area contributed by atoms with E-state index >= 15 is 0 Å². The van der Waals surface area contributed by atoms with Gasteiger partial charge < -0.3 is 9.84 Å². The molecule has 0 aliphatic carbocycles. The Morgan fingerprint density at radius 2 is 1.85 bits per heavy atom. The van der Waals surface area contributed by atoms with Crippen molar-refractivity contribution in [2.45, 2.75) is 17.9 Å². The highest BCUT2D eigenvalue weighted by Crippen LogP contribution is 2.25. The van der Waals surface area contributed by atoms with Crippen LogP contribution in [0.1, 0.15) is 17.2 Å². The molecule has 27 heavy (non-hydrogen) atoms. The summed E-state index contributed by atoms with van der Waals surface area (Å²) in [4.78, 5) is 0.170. The molecule has 0 aliphatic rings. The number of hydrogen-bond donors (Lipinski definition) is 2. The topological polar surface area (TPSA) is 75.6 Å². The van der Waals surface area contributed by atoms with Crippen LogP contribution in [0.15, 0.2) is 64.2 Å². The summed E-state index contributed by atoms with van der Waals surface area (Å²) in [6, 6.07) is 14.2. The fourth-order valence-corrected chi connectivity index (χ4v) is 4.69. The lowest BCUT2D eigenvalue weighted by Crippen LogP contribution is -2.29. The van der Waals surface area contributed by atoms with Gasteiger partial charge in [-0.2, -0.15) is 11.3 Å². The number of benzene rings is 2. The van der Waals surface area contributed by atoms with E-state index < -0.39 is 16.1 Å². The molecule has 2 aromatic carbocycles. The van der Waals surface area contributed by atoms with Gasteiger partial charge in [0.15, 0.2) is 0 Å². The third-order valence-electron chi connectivity index (χ3n) is 4.29. The van der Waals surface area contributed by atoms with Crippen molar-refractivity contribution in [1.82, 2.24) is 4.72 Å². The summed E-state index contributed by atoms with van der Waals surface area (Å²) >= 11 is 1.62. The Labute approximate surface area is 163 Å². The summed E-state index contributed by atoms with van der Waals surface area (Å²) in [7, 11) is -2.20. The quantitative estimate of drug-likeness (QED) is 0.630. The van der Waals surface area contributed by atoms with Crippen molar-refractivity contribution in [1.29, 1.82) is 0 Å². The van der Waals surface area contributed by atoms with E-state index in [0.29, 0.717) is 16.9 Å². The van der Waals surface area contributed by atoms with Crippen molar-refractivity contribution in [3.63, 3.8) is 0 Å². The lowest BCUT2D eigenvalue weighted by molar-refractivity contribution is 0.182. The number of methoxy groups -OCH3 is 1. The first-order chi connectivity index (χ1) is 12.9. The molecular formula is C20H21NO4S2. The lowest BCUT2D eigenvalue weighted by atomic mass is 10.0. The van der Waals surface area contributed by atoms with Gasteiger partial charge >= 0.3 is 0 Å². The van der Waals surface area contributed by atoms with Crippen LogP contribution in [0.25, 0.3) is 11.1 Å². The average molecular weight is 404 g/mol. The van der Waals surface area contributed by atoms with Crippen molar-refractivity contribution in [2.24, 2.45) is 0 Å². The fourth-order valence-electron chi connectivity index (χ4n) is 2.76. The molecular weight excluding hydrogens is 382 g/mol. The zero-order valence-electron chi connectivity index (χ0n) is 15.0. The van der Waals surface area contributed by atoms with Crippen molar-refractivity contribution < 1.29 is 18.3 Å². The van der Waals surface area contributed by atoms with E-state index in [-0.39, 0.29) is 11.4 Å². The molecule has 1 heterocycles. The van der Waals surface area contributed by atoms with E-state index in [1.165, 1.54) is 13.2 Å². The molecule has 142 valence electrons. The molecule has 0 fully saturated rings. The number of aliphatic hydroxyl groups excluding tert-OH is 1. The summed E-state index contributed by atoms with van der Waals surface area (Å²) in [6.45, 7) is 1.60. The number of hydrogen-bond acceptors (Lipinski definition) is 5. The second-order valence-electron chi connectivity index (χ2n) is 6.13. The standard InChI is InChI=1S/C20H21NO4S2/c1-14-11-18(25-2)7-8-20(14)27(23,24)21-12-19(22)16-5-3-15(4-6-16)17-9-10-26-13-17/h3-11,13,19,21-22H,12H2,1-2H3/t19-/m1/s1. The molecule has 0 saturated carbocycles. The van der Waals surface area contributed by atoms with Gasteiger partial charge in [0.25, 0.3) is 0 Å². The number of sulfonamides is 1. The molecule has 0 amide bonds. The Bertz CT molecular complexity index is 997. The zero-order valence-corrected chi connectivity index (χ0v) is 16.7. The number of nitrogens with one attached hydrogen (secondary N) is 1.